The zero-order chi connectivity index (χ0) is 20.4. The van der Waals surface area contributed by atoms with E-state index in [1.54, 1.807) is 48.5 Å². The normalized spacial score (nSPS) is 11.1. The molecule has 0 fully saturated rings. The molecule has 0 saturated heterocycles. The van der Waals surface area contributed by atoms with E-state index in [0.29, 0.717) is 17.2 Å². The molecular formula is C24H27O4P. The summed E-state index contributed by atoms with van der Waals surface area (Å²) in [5.41, 5.74) is 1.23. The quantitative estimate of drug-likeness (QED) is 0.243. The van der Waals surface area contributed by atoms with Crippen LogP contribution in [0.3, 0.4) is 0 Å². The Balaban J connectivity index is 1.71. The van der Waals surface area contributed by atoms with Crippen LogP contribution >= 0.6 is 7.82 Å². The Bertz CT molecular complexity index is 850. The van der Waals surface area contributed by atoms with Gasteiger partial charge in [0.2, 0.25) is 0 Å². The largest absolute Gasteiger partial charge is 0.647 e. The fourth-order valence-electron chi connectivity index (χ4n) is 2.88. The van der Waals surface area contributed by atoms with Gasteiger partial charge >= 0.3 is 7.82 Å². The third kappa shape index (κ3) is 6.99. The van der Waals surface area contributed by atoms with Crippen molar-refractivity contribution in [3.8, 4) is 17.2 Å². The molecule has 0 bridgehead atoms. The highest BCUT2D eigenvalue weighted by Crippen LogP contribution is 2.49. The van der Waals surface area contributed by atoms with E-state index in [-0.39, 0.29) is 0 Å². The predicted octanol–water partition coefficient (Wildman–Crippen LogP) is 7.45. The minimum atomic E-state index is -3.93. The second-order valence-electron chi connectivity index (χ2n) is 6.80. The van der Waals surface area contributed by atoms with Crippen LogP contribution in [0.25, 0.3) is 0 Å². The molecule has 0 heterocycles. The summed E-state index contributed by atoms with van der Waals surface area (Å²) in [6.45, 7) is 2.21. The molecule has 0 aromatic heterocycles. The number of rotatable bonds is 11. The summed E-state index contributed by atoms with van der Waals surface area (Å²) in [4.78, 5) is 0. The number of phosphoric acid groups is 1. The Morgan fingerprint density at radius 1 is 0.621 bits per heavy atom. The van der Waals surface area contributed by atoms with Gasteiger partial charge in [-0.1, -0.05) is 74.7 Å². The fraction of sp³-hybridized carbons (Fsp3) is 0.250. The van der Waals surface area contributed by atoms with Gasteiger partial charge in [-0.05, 0) is 54.8 Å². The molecule has 3 rings (SSSR count). The van der Waals surface area contributed by atoms with Crippen LogP contribution in [0.15, 0.2) is 84.9 Å². The molecule has 3 aromatic rings. The number of aryl methyl sites for hydroxylation is 1. The number of phosphoric ester groups is 1. The lowest BCUT2D eigenvalue weighted by Crippen LogP contribution is -2.07. The Morgan fingerprint density at radius 2 is 1.10 bits per heavy atom. The first kappa shape index (κ1) is 21.0. The van der Waals surface area contributed by atoms with Crippen LogP contribution < -0.4 is 13.6 Å². The van der Waals surface area contributed by atoms with Crippen LogP contribution in [-0.4, -0.2) is 0 Å². The molecule has 4 nitrogen and oxygen atoms in total. The van der Waals surface area contributed by atoms with Gasteiger partial charge < -0.3 is 13.6 Å². The van der Waals surface area contributed by atoms with Gasteiger partial charge in [-0.15, -0.1) is 0 Å². The maximum absolute atomic E-state index is 13.4. The summed E-state index contributed by atoms with van der Waals surface area (Å²) in [5.74, 6) is 1.27. The van der Waals surface area contributed by atoms with Gasteiger partial charge in [-0.3, -0.25) is 0 Å². The van der Waals surface area contributed by atoms with Gasteiger partial charge in [-0.2, -0.15) is 4.57 Å². The maximum Gasteiger partial charge on any atom is 0.647 e. The monoisotopic (exact) mass is 410 g/mol. The summed E-state index contributed by atoms with van der Waals surface area (Å²) in [5, 5.41) is 0. The Labute approximate surface area is 173 Å². The molecule has 0 aliphatic carbocycles. The van der Waals surface area contributed by atoms with Crippen LogP contribution in [0.2, 0.25) is 0 Å². The summed E-state index contributed by atoms with van der Waals surface area (Å²) in [6, 6.07) is 25.4. The average Bonchev–Trinajstić information content (AvgIpc) is 2.73. The van der Waals surface area contributed by atoms with Gasteiger partial charge in [-0.25, -0.2) is 0 Å². The van der Waals surface area contributed by atoms with Crippen molar-refractivity contribution in [3.63, 3.8) is 0 Å². The van der Waals surface area contributed by atoms with Crippen molar-refractivity contribution in [2.75, 3.05) is 0 Å². The molecule has 0 N–H and O–H groups in total. The molecule has 5 heteroatoms. The van der Waals surface area contributed by atoms with Crippen molar-refractivity contribution >= 4 is 7.82 Å². The molecule has 0 spiro atoms. The molecule has 3 aromatic carbocycles. The SMILES string of the molecule is CCCCCCc1ccc(OP(=O)(Oc2ccccc2)Oc2ccccc2)cc1. The third-order valence-corrected chi connectivity index (χ3v) is 5.68. The van der Waals surface area contributed by atoms with Crippen molar-refractivity contribution in [2.45, 2.75) is 39.0 Å². The van der Waals surface area contributed by atoms with E-state index in [1.165, 1.54) is 31.2 Å². The third-order valence-electron chi connectivity index (χ3n) is 4.38. The van der Waals surface area contributed by atoms with Crippen LogP contribution in [0.4, 0.5) is 0 Å². The van der Waals surface area contributed by atoms with Gasteiger partial charge in [0.25, 0.3) is 0 Å². The Hall–Kier alpha value is -2.71. The van der Waals surface area contributed by atoms with Gasteiger partial charge in [0.05, 0.1) is 0 Å². The highest BCUT2D eigenvalue weighted by atomic mass is 31.2. The lowest BCUT2D eigenvalue weighted by Gasteiger charge is -2.19. The van der Waals surface area contributed by atoms with Crippen molar-refractivity contribution in [1.29, 1.82) is 0 Å². The van der Waals surface area contributed by atoms with E-state index < -0.39 is 7.82 Å². The highest BCUT2D eigenvalue weighted by Gasteiger charge is 2.33. The second-order valence-corrected chi connectivity index (χ2v) is 8.24. The predicted molar refractivity (Wildman–Crippen MR) is 117 cm³/mol. The summed E-state index contributed by atoms with van der Waals surface area (Å²) < 4.78 is 30.4. The van der Waals surface area contributed by atoms with E-state index >= 15 is 0 Å². The Kier molecular flexibility index (Phi) is 7.77. The second kappa shape index (κ2) is 10.7. The summed E-state index contributed by atoms with van der Waals surface area (Å²) in [7, 11) is -3.93. The minimum absolute atomic E-state index is 0.416. The number of hydrogen-bond acceptors (Lipinski definition) is 4. The lowest BCUT2D eigenvalue weighted by molar-refractivity contribution is 0.298. The maximum atomic E-state index is 13.4. The summed E-state index contributed by atoms with van der Waals surface area (Å²) >= 11 is 0. The smallest absolute Gasteiger partial charge is 0.386 e. The Morgan fingerprint density at radius 3 is 1.59 bits per heavy atom. The van der Waals surface area contributed by atoms with E-state index in [2.05, 4.69) is 6.92 Å². The molecule has 0 unspecified atom stereocenters. The zero-order valence-electron chi connectivity index (χ0n) is 16.7. The van der Waals surface area contributed by atoms with Crippen LogP contribution in [0.1, 0.15) is 38.2 Å². The lowest BCUT2D eigenvalue weighted by atomic mass is 10.1. The first-order chi connectivity index (χ1) is 14.2. The first-order valence-corrected chi connectivity index (χ1v) is 11.5. The van der Waals surface area contributed by atoms with Crippen LogP contribution in [0, 0.1) is 0 Å². The zero-order valence-corrected chi connectivity index (χ0v) is 17.6. The van der Waals surface area contributed by atoms with Crippen molar-refractivity contribution in [2.24, 2.45) is 0 Å². The highest BCUT2D eigenvalue weighted by molar-refractivity contribution is 7.49. The van der Waals surface area contributed by atoms with Gasteiger partial charge in [0.1, 0.15) is 17.2 Å². The number of hydrogen-bond donors (Lipinski definition) is 0. The molecule has 0 radical (unpaired) electrons. The van der Waals surface area contributed by atoms with Crippen LogP contribution in [0.5, 0.6) is 17.2 Å². The fourth-order valence-corrected chi connectivity index (χ4v) is 4.13. The topological polar surface area (TPSA) is 44.8 Å². The molecule has 0 aliphatic rings. The first-order valence-electron chi connectivity index (χ1n) is 10.0. The number of benzene rings is 3. The molecule has 0 atom stereocenters. The number of para-hydroxylation sites is 2. The van der Waals surface area contributed by atoms with Crippen molar-refractivity contribution in [1.82, 2.24) is 0 Å². The van der Waals surface area contributed by atoms with E-state index in [1.807, 2.05) is 36.4 Å². The van der Waals surface area contributed by atoms with Crippen molar-refractivity contribution < 1.29 is 18.1 Å². The molecule has 29 heavy (non-hydrogen) atoms. The molecule has 152 valence electrons. The molecule has 0 amide bonds. The van der Waals surface area contributed by atoms with Gasteiger partial charge in [0.15, 0.2) is 0 Å². The van der Waals surface area contributed by atoms with Crippen molar-refractivity contribution in [3.05, 3.63) is 90.5 Å². The van der Waals surface area contributed by atoms with Gasteiger partial charge in [0, 0.05) is 0 Å². The van der Waals surface area contributed by atoms with E-state index in [0.717, 1.165) is 6.42 Å². The minimum Gasteiger partial charge on any atom is -0.386 e. The van der Waals surface area contributed by atoms with E-state index in [9.17, 15) is 4.57 Å². The van der Waals surface area contributed by atoms with Crippen LogP contribution in [-0.2, 0) is 11.0 Å². The molecule has 0 aliphatic heterocycles. The van der Waals surface area contributed by atoms with E-state index in [4.69, 9.17) is 13.6 Å². The molecule has 0 saturated carbocycles. The molecular weight excluding hydrogens is 383 g/mol. The number of unbranched alkanes of at least 4 members (excludes halogenated alkanes) is 3. The average molecular weight is 410 g/mol. The summed E-state index contributed by atoms with van der Waals surface area (Å²) in [6.07, 6.45) is 5.92. The standard InChI is InChI=1S/C24H27O4P/c1-2-3-4-7-12-21-17-19-24(20-18-21)28-29(25,26-22-13-8-5-9-14-22)27-23-15-10-6-11-16-23/h5-6,8-11,13-20H,2-4,7,12H2,1H3.